The molecular weight excluding hydrogens is 274 g/mol. The zero-order valence-electron chi connectivity index (χ0n) is 12.3. The van der Waals surface area contributed by atoms with Crippen molar-refractivity contribution in [2.24, 2.45) is 0 Å². The van der Waals surface area contributed by atoms with E-state index in [0.29, 0.717) is 5.82 Å². The Labute approximate surface area is 123 Å². The van der Waals surface area contributed by atoms with Gasteiger partial charge < -0.3 is 15.5 Å². The second-order valence-corrected chi connectivity index (χ2v) is 5.22. The van der Waals surface area contributed by atoms with Crippen LogP contribution < -0.4 is 16.0 Å². The van der Waals surface area contributed by atoms with Crippen LogP contribution in [0.25, 0.3) is 0 Å². The molecule has 1 fully saturated rings. The topological polar surface area (TPSA) is 104 Å². The molecule has 1 aromatic rings. The first-order valence-electron chi connectivity index (χ1n) is 6.93. The fourth-order valence-electron chi connectivity index (χ4n) is 2.04. The number of carbonyl (C=O) groups is 2. The van der Waals surface area contributed by atoms with Gasteiger partial charge in [0.05, 0.1) is 6.20 Å². The van der Waals surface area contributed by atoms with Crippen molar-refractivity contribution in [3.63, 3.8) is 0 Å². The molecule has 0 aromatic carbocycles. The average molecular weight is 295 g/mol. The summed E-state index contributed by atoms with van der Waals surface area (Å²) in [6.45, 7) is 1.94. The lowest BCUT2D eigenvalue weighted by Crippen LogP contribution is -2.43. The van der Waals surface area contributed by atoms with Crippen LogP contribution >= 0.6 is 0 Å². The van der Waals surface area contributed by atoms with Gasteiger partial charge in [0.25, 0.3) is 0 Å². The lowest BCUT2D eigenvalue weighted by atomic mass is 10.1. The van der Waals surface area contributed by atoms with Crippen LogP contribution in [-0.4, -0.2) is 65.1 Å². The van der Waals surface area contributed by atoms with Gasteiger partial charge in [-0.3, -0.25) is 10.1 Å². The maximum absolute atomic E-state index is 11.9. The molecule has 0 saturated carbocycles. The van der Waals surface area contributed by atoms with Gasteiger partial charge in [-0.2, -0.15) is 0 Å². The zero-order valence-corrected chi connectivity index (χ0v) is 12.3. The normalized spacial score (nSPS) is 15.5. The molecular formula is C12H21N7O2. The van der Waals surface area contributed by atoms with Gasteiger partial charge in [-0.05, 0) is 25.9 Å². The number of amides is 3. The van der Waals surface area contributed by atoms with E-state index >= 15 is 0 Å². The molecule has 1 aromatic heterocycles. The third-order valence-electron chi connectivity index (χ3n) is 3.19. The molecule has 2 heterocycles. The molecule has 1 aliphatic rings. The molecule has 0 radical (unpaired) electrons. The summed E-state index contributed by atoms with van der Waals surface area (Å²) in [5, 5.41) is 16.4. The number of rotatable bonds is 4. The summed E-state index contributed by atoms with van der Waals surface area (Å²) in [5.41, 5.74) is 0. The van der Waals surface area contributed by atoms with Crippen molar-refractivity contribution in [1.82, 2.24) is 30.5 Å². The number of urea groups is 1. The molecule has 0 unspecified atom stereocenters. The largest absolute Gasteiger partial charge is 0.352 e. The molecule has 1 saturated heterocycles. The zero-order chi connectivity index (χ0) is 15.2. The third kappa shape index (κ3) is 4.71. The van der Waals surface area contributed by atoms with Gasteiger partial charge in [0.1, 0.15) is 6.54 Å². The van der Waals surface area contributed by atoms with Gasteiger partial charge in [-0.25, -0.2) is 9.48 Å². The molecule has 0 bridgehead atoms. The molecule has 3 N–H and O–H groups in total. The summed E-state index contributed by atoms with van der Waals surface area (Å²) in [5.74, 6) is 0.223. The van der Waals surface area contributed by atoms with Crippen LogP contribution in [0.4, 0.5) is 10.6 Å². The highest BCUT2D eigenvalue weighted by Crippen LogP contribution is 2.03. The fraction of sp³-hybridized carbons (Fsp3) is 0.667. The number of piperidine rings is 1. The van der Waals surface area contributed by atoms with Crippen LogP contribution in [0.15, 0.2) is 6.20 Å². The monoisotopic (exact) mass is 295 g/mol. The van der Waals surface area contributed by atoms with E-state index in [-0.39, 0.29) is 24.5 Å². The van der Waals surface area contributed by atoms with E-state index in [0.717, 1.165) is 25.9 Å². The smallest absolute Gasteiger partial charge is 0.322 e. The Morgan fingerprint density at radius 3 is 2.81 bits per heavy atom. The van der Waals surface area contributed by atoms with Crippen LogP contribution in [0.1, 0.15) is 12.8 Å². The Kier molecular flexibility index (Phi) is 5.09. The van der Waals surface area contributed by atoms with Crippen LogP contribution in [0.2, 0.25) is 0 Å². The van der Waals surface area contributed by atoms with Gasteiger partial charge in [0, 0.05) is 20.1 Å². The van der Waals surface area contributed by atoms with Crippen molar-refractivity contribution in [1.29, 1.82) is 0 Å². The lowest BCUT2D eigenvalue weighted by molar-refractivity contribution is -0.122. The molecule has 0 aliphatic carbocycles. The van der Waals surface area contributed by atoms with Gasteiger partial charge >= 0.3 is 6.03 Å². The first-order valence-corrected chi connectivity index (χ1v) is 6.93. The molecule has 1 aliphatic heterocycles. The quantitative estimate of drug-likeness (QED) is 0.677. The summed E-state index contributed by atoms with van der Waals surface area (Å²) in [6.07, 6.45) is 3.41. The molecule has 116 valence electrons. The molecule has 0 spiro atoms. The summed E-state index contributed by atoms with van der Waals surface area (Å²) >= 11 is 0. The predicted molar refractivity (Wildman–Crippen MR) is 76.8 cm³/mol. The Morgan fingerprint density at radius 2 is 2.14 bits per heavy atom. The van der Waals surface area contributed by atoms with Crippen molar-refractivity contribution >= 4 is 17.8 Å². The highest BCUT2D eigenvalue weighted by molar-refractivity contribution is 5.87. The van der Waals surface area contributed by atoms with E-state index < -0.39 is 0 Å². The maximum Gasteiger partial charge on any atom is 0.322 e. The number of hydrogen-bond acceptors (Lipinski definition) is 5. The summed E-state index contributed by atoms with van der Waals surface area (Å²) < 4.78 is 1.40. The van der Waals surface area contributed by atoms with E-state index in [1.54, 1.807) is 14.1 Å². The van der Waals surface area contributed by atoms with Gasteiger partial charge in [-0.15, -0.1) is 5.10 Å². The highest BCUT2D eigenvalue weighted by Gasteiger charge is 2.16. The van der Waals surface area contributed by atoms with E-state index in [1.807, 2.05) is 0 Å². The van der Waals surface area contributed by atoms with E-state index in [9.17, 15) is 9.59 Å². The van der Waals surface area contributed by atoms with Crippen molar-refractivity contribution in [3.05, 3.63) is 6.20 Å². The van der Waals surface area contributed by atoms with Gasteiger partial charge in [-0.1, -0.05) is 5.21 Å². The first kappa shape index (κ1) is 15.2. The predicted octanol–water partition coefficient (Wildman–Crippen LogP) is -0.760. The number of aromatic nitrogens is 3. The second kappa shape index (κ2) is 7.02. The number of hydrogen-bond donors (Lipinski definition) is 3. The molecule has 2 rings (SSSR count). The number of anilines is 1. The van der Waals surface area contributed by atoms with Crippen LogP contribution in [0, 0.1) is 0 Å². The van der Waals surface area contributed by atoms with Gasteiger partial charge in [0.15, 0.2) is 5.82 Å². The van der Waals surface area contributed by atoms with E-state index in [4.69, 9.17) is 0 Å². The molecule has 3 amide bonds. The molecule has 9 nitrogen and oxygen atoms in total. The molecule has 9 heteroatoms. The highest BCUT2D eigenvalue weighted by atomic mass is 16.2. The van der Waals surface area contributed by atoms with Crippen molar-refractivity contribution in [3.8, 4) is 0 Å². The average Bonchev–Trinajstić information content (AvgIpc) is 2.86. The second-order valence-electron chi connectivity index (χ2n) is 5.22. The minimum Gasteiger partial charge on any atom is -0.352 e. The SMILES string of the molecule is CN(C)C(=O)Nc1cn(CC(=O)NC2CCNCC2)nn1. The lowest BCUT2D eigenvalue weighted by Gasteiger charge is -2.23. The Bertz CT molecular complexity index is 494. The van der Waals surface area contributed by atoms with E-state index in [1.165, 1.54) is 15.8 Å². The summed E-state index contributed by atoms with van der Waals surface area (Å²) in [7, 11) is 3.26. The number of nitrogens with zero attached hydrogens (tertiary/aromatic N) is 4. The van der Waals surface area contributed by atoms with Crippen LogP contribution in [-0.2, 0) is 11.3 Å². The minimum atomic E-state index is -0.291. The Balaban J connectivity index is 1.81. The summed E-state index contributed by atoms with van der Waals surface area (Å²) in [6, 6.07) is -0.0728. The molecule has 0 atom stereocenters. The number of nitrogens with one attached hydrogen (secondary N) is 3. The van der Waals surface area contributed by atoms with Crippen molar-refractivity contribution in [2.75, 3.05) is 32.5 Å². The maximum atomic E-state index is 11.9. The first-order chi connectivity index (χ1) is 10.0. The van der Waals surface area contributed by atoms with Crippen LogP contribution in [0.5, 0.6) is 0 Å². The van der Waals surface area contributed by atoms with Crippen molar-refractivity contribution in [2.45, 2.75) is 25.4 Å². The third-order valence-corrected chi connectivity index (χ3v) is 3.19. The Hall–Kier alpha value is -2.16. The van der Waals surface area contributed by atoms with Gasteiger partial charge in [0.2, 0.25) is 5.91 Å². The standard InChI is InChI=1S/C12H21N7O2/c1-18(2)12(21)15-10-7-19(17-16-10)8-11(20)14-9-3-5-13-6-4-9/h7,9,13H,3-6,8H2,1-2H3,(H,14,20)(H,15,21). The minimum absolute atomic E-state index is 0.0920. The van der Waals surface area contributed by atoms with E-state index in [2.05, 4.69) is 26.3 Å². The van der Waals surface area contributed by atoms with Crippen molar-refractivity contribution < 1.29 is 9.59 Å². The Morgan fingerprint density at radius 1 is 1.43 bits per heavy atom. The van der Waals surface area contributed by atoms with Crippen LogP contribution in [0.3, 0.4) is 0 Å². The number of carbonyl (C=O) groups excluding carboxylic acids is 2. The molecule has 21 heavy (non-hydrogen) atoms. The fourth-order valence-corrected chi connectivity index (χ4v) is 2.04. The summed E-state index contributed by atoms with van der Waals surface area (Å²) in [4.78, 5) is 24.8.